The number of piperidine rings is 1. The molecule has 2 rings (SSSR count). The third-order valence-electron chi connectivity index (χ3n) is 2.40. The molecule has 1 aliphatic rings. The summed E-state index contributed by atoms with van der Waals surface area (Å²) in [5, 5.41) is 3.91. The summed E-state index contributed by atoms with van der Waals surface area (Å²) in [5.41, 5.74) is 0. The summed E-state index contributed by atoms with van der Waals surface area (Å²) in [6.45, 7) is 0.901. The predicted molar refractivity (Wildman–Crippen MR) is 50.6 cm³/mol. The smallest absolute Gasteiger partial charge is 0.229 e. The maximum Gasteiger partial charge on any atom is 0.229 e. The van der Waals surface area contributed by atoms with Crippen molar-refractivity contribution in [2.75, 3.05) is 6.54 Å². The van der Waals surface area contributed by atoms with Gasteiger partial charge in [-0.15, -0.1) is 0 Å². The highest BCUT2D eigenvalue weighted by molar-refractivity contribution is 5.97. The molecule has 2 amide bonds. The molecule has 0 saturated carbocycles. The number of aromatic nitrogens is 3. The average molecular weight is 208 g/mol. The Bertz CT molecular complexity index is 344. The maximum absolute atomic E-state index is 11.4. The molecule has 0 aliphatic carbocycles. The highest BCUT2D eigenvalue weighted by Gasteiger charge is 2.25. The van der Waals surface area contributed by atoms with Gasteiger partial charge in [-0.3, -0.25) is 19.2 Å². The minimum Gasteiger partial charge on any atom is -0.281 e. The molecule has 1 aromatic heterocycles. The van der Waals surface area contributed by atoms with Crippen LogP contribution in [0, 0.1) is 0 Å². The Hall–Kier alpha value is -1.72. The highest BCUT2D eigenvalue weighted by atomic mass is 16.2. The SMILES string of the molecule is O=C1CCCC(=O)N1CCn1cncn1. The second-order valence-corrected chi connectivity index (χ2v) is 3.45. The van der Waals surface area contributed by atoms with Crippen LogP contribution in [-0.2, 0) is 16.1 Å². The zero-order valence-electron chi connectivity index (χ0n) is 8.30. The van der Waals surface area contributed by atoms with Gasteiger partial charge < -0.3 is 0 Å². The third kappa shape index (κ3) is 2.20. The van der Waals surface area contributed by atoms with Crippen molar-refractivity contribution < 1.29 is 9.59 Å². The van der Waals surface area contributed by atoms with Gasteiger partial charge in [0.1, 0.15) is 12.7 Å². The van der Waals surface area contributed by atoms with Crippen molar-refractivity contribution in [2.45, 2.75) is 25.8 Å². The van der Waals surface area contributed by atoms with Gasteiger partial charge in [-0.25, -0.2) is 4.98 Å². The summed E-state index contributed by atoms with van der Waals surface area (Å²) in [6.07, 6.45) is 4.63. The second kappa shape index (κ2) is 4.20. The Morgan fingerprint density at radius 3 is 2.53 bits per heavy atom. The number of carbonyl (C=O) groups is 2. The molecule has 0 atom stereocenters. The van der Waals surface area contributed by atoms with Gasteiger partial charge in [0.25, 0.3) is 0 Å². The number of rotatable bonds is 3. The predicted octanol–water partition coefficient (Wildman–Crippen LogP) is -0.183. The van der Waals surface area contributed by atoms with Crippen molar-refractivity contribution >= 4 is 11.8 Å². The molecule has 1 aliphatic heterocycles. The summed E-state index contributed by atoms with van der Waals surface area (Å²) in [4.78, 5) is 27.9. The minimum atomic E-state index is -0.0774. The summed E-state index contributed by atoms with van der Waals surface area (Å²) >= 11 is 0. The lowest BCUT2D eigenvalue weighted by Gasteiger charge is -2.24. The fraction of sp³-hybridized carbons (Fsp3) is 0.556. The van der Waals surface area contributed by atoms with E-state index in [1.165, 1.54) is 11.2 Å². The third-order valence-corrected chi connectivity index (χ3v) is 2.40. The van der Waals surface area contributed by atoms with E-state index in [1.807, 2.05) is 0 Å². The van der Waals surface area contributed by atoms with Gasteiger partial charge in [0, 0.05) is 19.4 Å². The van der Waals surface area contributed by atoms with E-state index in [-0.39, 0.29) is 11.8 Å². The molecular weight excluding hydrogens is 196 g/mol. The number of hydrogen-bond acceptors (Lipinski definition) is 4. The summed E-state index contributed by atoms with van der Waals surface area (Å²) in [6, 6.07) is 0. The van der Waals surface area contributed by atoms with E-state index in [1.54, 1.807) is 11.0 Å². The van der Waals surface area contributed by atoms with Gasteiger partial charge in [0.15, 0.2) is 0 Å². The Kier molecular flexibility index (Phi) is 2.75. The van der Waals surface area contributed by atoms with Crippen LogP contribution in [0.4, 0.5) is 0 Å². The molecule has 80 valence electrons. The van der Waals surface area contributed by atoms with Crippen LogP contribution in [0.5, 0.6) is 0 Å². The van der Waals surface area contributed by atoms with E-state index in [9.17, 15) is 9.59 Å². The average Bonchev–Trinajstić information content (AvgIpc) is 2.70. The number of imide groups is 1. The molecule has 0 radical (unpaired) electrons. The molecule has 6 heteroatoms. The Morgan fingerprint density at radius 1 is 1.20 bits per heavy atom. The van der Waals surface area contributed by atoms with Gasteiger partial charge in [-0.05, 0) is 6.42 Å². The lowest BCUT2D eigenvalue weighted by Crippen LogP contribution is -2.41. The number of nitrogens with zero attached hydrogens (tertiary/aromatic N) is 4. The van der Waals surface area contributed by atoms with Crippen molar-refractivity contribution in [3.63, 3.8) is 0 Å². The zero-order chi connectivity index (χ0) is 10.7. The lowest BCUT2D eigenvalue weighted by molar-refractivity contribution is -0.148. The molecule has 1 fully saturated rings. The molecule has 2 heterocycles. The molecule has 0 unspecified atom stereocenters. The van der Waals surface area contributed by atoms with Gasteiger partial charge in [-0.1, -0.05) is 0 Å². The molecule has 0 aromatic carbocycles. The van der Waals surface area contributed by atoms with E-state index in [4.69, 9.17) is 0 Å². The van der Waals surface area contributed by atoms with Crippen LogP contribution in [0.3, 0.4) is 0 Å². The van der Waals surface area contributed by atoms with E-state index in [0.29, 0.717) is 32.4 Å². The van der Waals surface area contributed by atoms with Crippen molar-refractivity contribution in [3.8, 4) is 0 Å². The summed E-state index contributed by atoms with van der Waals surface area (Å²) < 4.78 is 1.61. The molecule has 1 aromatic rings. The molecule has 0 N–H and O–H groups in total. The van der Waals surface area contributed by atoms with Gasteiger partial charge >= 0.3 is 0 Å². The fourth-order valence-corrected chi connectivity index (χ4v) is 1.60. The Balaban J connectivity index is 1.92. The monoisotopic (exact) mass is 208 g/mol. The normalized spacial score (nSPS) is 17.2. The molecule has 1 saturated heterocycles. The maximum atomic E-state index is 11.4. The summed E-state index contributed by atoms with van der Waals surface area (Å²) in [5.74, 6) is -0.155. The van der Waals surface area contributed by atoms with Crippen LogP contribution in [0.15, 0.2) is 12.7 Å². The first-order chi connectivity index (χ1) is 7.27. The number of likely N-dealkylation sites (tertiary alicyclic amines) is 1. The first-order valence-corrected chi connectivity index (χ1v) is 4.93. The molecule has 0 bridgehead atoms. The first-order valence-electron chi connectivity index (χ1n) is 4.93. The number of hydrogen-bond donors (Lipinski definition) is 0. The quantitative estimate of drug-likeness (QED) is 0.646. The van der Waals surface area contributed by atoms with E-state index in [0.717, 1.165) is 0 Å². The van der Waals surface area contributed by atoms with Crippen LogP contribution in [0.1, 0.15) is 19.3 Å². The van der Waals surface area contributed by atoms with Crippen molar-refractivity contribution in [1.29, 1.82) is 0 Å². The van der Waals surface area contributed by atoms with Crippen LogP contribution >= 0.6 is 0 Å². The van der Waals surface area contributed by atoms with Gasteiger partial charge in [0.05, 0.1) is 6.54 Å². The lowest BCUT2D eigenvalue weighted by atomic mass is 10.1. The zero-order valence-corrected chi connectivity index (χ0v) is 8.30. The van der Waals surface area contributed by atoms with E-state index >= 15 is 0 Å². The van der Waals surface area contributed by atoms with Crippen LogP contribution in [0.2, 0.25) is 0 Å². The van der Waals surface area contributed by atoms with Crippen molar-refractivity contribution in [2.24, 2.45) is 0 Å². The second-order valence-electron chi connectivity index (χ2n) is 3.45. The molecule has 6 nitrogen and oxygen atoms in total. The number of amides is 2. The van der Waals surface area contributed by atoms with E-state index in [2.05, 4.69) is 10.1 Å². The van der Waals surface area contributed by atoms with Gasteiger partial charge in [-0.2, -0.15) is 5.10 Å². The number of carbonyl (C=O) groups excluding carboxylic acids is 2. The van der Waals surface area contributed by atoms with Crippen LogP contribution < -0.4 is 0 Å². The summed E-state index contributed by atoms with van der Waals surface area (Å²) in [7, 11) is 0. The Morgan fingerprint density at radius 2 is 1.93 bits per heavy atom. The molecule has 15 heavy (non-hydrogen) atoms. The van der Waals surface area contributed by atoms with Gasteiger partial charge in [0.2, 0.25) is 11.8 Å². The van der Waals surface area contributed by atoms with Crippen molar-refractivity contribution in [1.82, 2.24) is 19.7 Å². The van der Waals surface area contributed by atoms with E-state index < -0.39 is 0 Å². The van der Waals surface area contributed by atoms with Crippen molar-refractivity contribution in [3.05, 3.63) is 12.7 Å². The highest BCUT2D eigenvalue weighted by Crippen LogP contribution is 2.11. The Labute approximate surface area is 86.9 Å². The topological polar surface area (TPSA) is 68.1 Å². The molecular formula is C9H12N4O2. The van der Waals surface area contributed by atoms with Crippen LogP contribution in [0.25, 0.3) is 0 Å². The largest absolute Gasteiger partial charge is 0.281 e. The fourth-order valence-electron chi connectivity index (χ4n) is 1.60. The molecule has 0 spiro atoms. The first kappa shape index (κ1) is 9.82. The standard InChI is InChI=1S/C9H12N4O2/c14-8-2-1-3-9(15)13(8)5-4-12-7-10-6-11-12/h6-7H,1-5H2. The minimum absolute atomic E-state index is 0.0774. The van der Waals surface area contributed by atoms with Crippen LogP contribution in [-0.4, -0.2) is 38.0 Å².